The lowest BCUT2D eigenvalue weighted by molar-refractivity contribution is 0.800. The summed E-state index contributed by atoms with van der Waals surface area (Å²) in [5.41, 5.74) is 15.9. The van der Waals surface area contributed by atoms with Crippen LogP contribution in [0.4, 0.5) is 17.1 Å². The lowest BCUT2D eigenvalue weighted by atomic mass is 9.93. The first-order chi connectivity index (χ1) is 33.2. The van der Waals surface area contributed by atoms with Crippen LogP contribution in [-0.2, 0) is 0 Å². The molecule has 1 aliphatic carbocycles. The van der Waals surface area contributed by atoms with Crippen molar-refractivity contribution < 1.29 is 0 Å². The van der Waals surface area contributed by atoms with E-state index >= 15 is 0 Å². The van der Waals surface area contributed by atoms with E-state index in [2.05, 4.69) is 240 Å². The summed E-state index contributed by atoms with van der Waals surface area (Å²) in [7, 11) is 0. The summed E-state index contributed by atoms with van der Waals surface area (Å²) in [6, 6.07) is 78.6. The van der Waals surface area contributed by atoms with Gasteiger partial charge in [0.2, 0.25) is 0 Å². The smallest absolute Gasteiger partial charge is 0.160 e. The Morgan fingerprint density at radius 3 is 1.96 bits per heavy atom. The maximum absolute atomic E-state index is 5.32. The van der Waals surface area contributed by atoms with Gasteiger partial charge >= 0.3 is 0 Å². The fourth-order valence-electron chi connectivity index (χ4n) is 10.1. The average molecular weight is 875 g/mol. The van der Waals surface area contributed by atoms with Crippen molar-refractivity contribution in [3.8, 4) is 44.9 Å². The number of nitrogens with zero attached hydrogens (tertiary/aromatic N) is 4. The van der Waals surface area contributed by atoms with Crippen molar-refractivity contribution in [1.82, 2.24) is 14.5 Å². The van der Waals surface area contributed by atoms with E-state index in [9.17, 15) is 0 Å². The molecule has 4 nitrogen and oxygen atoms in total. The van der Waals surface area contributed by atoms with Gasteiger partial charge in [0.15, 0.2) is 5.82 Å². The zero-order chi connectivity index (χ0) is 44.3. The highest BCUT2D eigenvalue weighted by Crippen LogP contribution is 2.52. The van der Waals surface area contributed by atoms with Gasteiger partial charge in [-0.05, 0) is 100 Å². The van der Waals surface area contributed by atoms with Crippen LogP contribution in [0.25, 0.3) is 83.2 Å². The fourth-order valence-corrected chi connectivity index (χ4v) is 11.2. The molecular weight excluding hydrogens is 833 g/mol. The number of rotatable bonds is 7. The number of para-hydroxylation sites is 2. The summed E-state index contributed by atoms with van der Waals surface area (Å²) in [5.74, 6) is 0.758. The maximum atomic E-state index is 5.32. The van der Waals surface area contributed by atoms with Crippen LogP contribution < -0.4 is 4.90 Å². The third kappa shape index (κ3) is 6.95. The second-order valence-corrected chi connectivity index (χ2v) is 18.4. The predicted octanol–water partition coefficient (Wildman–Crippen LogP) is 16.9. The minimum atomic E-state index is 0.0250. The Balaban J connectivity index is 0.918. The molecule has 1 unspecified atom stereocenters. The van der Waals surface area contributed by atoms with Crippen LogP contribution in [0.3, 0.4) is 0 Å². The van der Waals surface area contributed by atoms with Crippen molar-refractivity contribution in [3.05, 3.63) is 242 Å². The number of anilines is 3. The summed E-state index contributed by atoms with van der Waals surface area (Å²) < 4.78 is 2.51. The number of fused-ring (bicyclic) bond motifs is 7. The molecule has 2 aliphatic rings. The minimum Gasteiger partial charge on any atom is -0.313 e. The zero-order valence-electron chi connectivity index (χ0n) is 36.5. The number of benzene rings is 9. The molecule has 0 fully saturated rings. The summed E-state index contributed by atoms with van der Waals surface area (Å²) >= 11 is 1.85. The van der Waals surface area contributed by atoms with Gasteiger partial charge in [0.25, 0.3) is 0 Å². The third-order valence-corrected chi connectivity index (χ3v) is 14.4. The maximum Gasteiger partial charge on any atom is 0.160 e. The SMILES string of the molecule is C1=CC(c2cc(-c3ccc(-c4ccccc4)cc3)nc(-c3ccccc3)n2)CC(n2c3cc(-c4ccc5c(c4)Sc4ccccc4N5c4ccccc4)ccc3c3c4ccccc4ccc32)=C1. The predicted molar refractivity (Wildman–Crippen MR) is 280 cm³/mol. The molecule has 67 heavy (non-hydrogen) atoms. The Kier molecular flexibility index (Phi) is 9.54. The van der Waals surface area contributed by atoms with Gasteiger partial charge in [0, 0.05) is 49.0 Å². The van der Waals surface area contributed by atoms with Crippen LogP contribution in [0.2, 0.25) is 0 Å². The highest BCUT2D eigenvalue weighted by molar-refractivity contribution is 7.99. The summed E-state index contributed by atoms with van der Waals surface area (Å²) in [5, 5.41) is 5.02. The van der Waals surface area contributed by atoms with Crippen molar-refractivity contribution in [2.24, 2.45) is 0 Å². The minimum absolute atomic E-state index is 0.0250. The van der Waals surface area contributed by atoms with Crippen LogP contribution in [0.15, 0.2) is 246 Å². The lowest BCUT2D eigenvalue weighted by Crippen LogP contribution is -2.14. The molecule has 0 amide bonds. The van der Waals surface area contributed by atoms with E-state index in [-0.39, 0.29) is 5.92 Å². The van der Waals surface area contributed by atoms with E-state index in [0.717, 1.165) is 40.4 Å². The normalized spacial score (nSPS) is 14.3. The van der Waals surface area contributed by atoms with Crippen LogP contribution in [0.5, 0.6) is 0 Å². The van der Waals surface area contributed by atoms with E-state index in [1.807, 2.05) is 17.8 Å². The Labute approximate surface area is 393 Å². The van der Waals surface area contributed by atoms with Crippen LogP contribution >= 0.6 is 11.8 Å². The average Bonchev–Trinajstić information content (AvgIpc) is 3.75. The standard InChI is InChI=1S/C62H42N4S/c1-4-15-41(16-5-1)42-27-29-44(30-28-42)53-40-54(64-62(63-53)45-18-6-2-7-19-45)48-20-14-23-50(37-48)66-57-36-32-43-17-10-11-24-51(43)61(57)52-34-31-46(38-58(52)66)47-33-35-56-60(39-47)67-59-26-13-12-25-55(59)65(56)49-21-8-3-9-22-49/h1-36,38-40,48H,37H2. The molecule has 1 aliphatic heterocycles. The monoisotopic (exact) mass is 874 g/mol. The second kappa shape index (κ2) is 16.3. The quantitative estimate of drug-likeness (QED) is 0.160. The van der Waals surface area contributed by atoms with E-state index in [1.165, 1.54) is 81.7 Å². The molecule has 0 radical (unpaired) electrons. The molecule has 9 aromatic carbocycles. The molecule has 5 heteroatoms. The molecule has 0 saturated heterocycles. The Hall–Kier alpha value is -8.25. The Morgan fingerprint density at radius 1 is 0.463 bits per heavy atom. The summed E-state index contributed by atoms with van der Waals surface area (Å²) in [4.78, 5) is 15.4. The molecule has 0 saturated carbocycles. The van der Waals surface area contributed by atoms with Gasteiger partial charge in [-0.1, -0.05) is 188 Å². The van der Waals surface area contributed by atoms with Gasteiger partial charge in [0.1, 0.15) is 0 Å². The van der Waals surface area contributed by atoms with Gasteiger partial charge in [-0.2, -0.15) is 0 Å². The van der Waals surface area contributed by atoms with Gasteiger partial charge < -0.3 is 9.47 Å². The molecule has 0 N–H and O–H groups in total. The molecule has 0 spiro atoms. The van der Waals surface area contributed by atoms with Gasteiger partial charge in [-0.15, -0.1) is 0 Å². The Morgan fingerprint density at radius 2 is 1.12 bits per heavy atom. The third-order valence-electron chi connectivity index (χ3n) is 13.3. The topological polar surface area (TPSA) is 34.0 Å². The van der Waals surface area contributed by atoms with Gasteiger partial charge in [-0.25, -0.2) is 9.97 Å². The van der Waals surface area contributed by atoms with Crippen molar-refractivity contribution in [3.63, 3.8) is 0 Å². The van der Waals surface area contributed by atoms with Crippen molar-refractivity contribution >= 4 is 67.1 Å². The molecule has 0 bridgehead atoms. The zero-order valence-corrected chi connectivity index (χ0v) is 37.3. The molecular formula is C62H42N4S. The van der Waals surface area contributed by atoms with Crippen LogP contribution in [-0.4, -0.2) is 14.5 Å². The van der Waals surface area contributed by atoms with Crippen LogP contribution in [0, 0.1) is 0 Å². The van der Waals surface area contributed by atoms with Crippen molar-refractivity contribution in [2.75, 3.05) is 4.90 Å². The highest BCUT2D eigenvalue weighted by Gasteiger charge is 2.26. The first-order valence-electron chi connectivity index (χ1n) is 22.9. The molecule has 1 atom stereocenters. The summed E-state index contributed by atoms with van der Waals surface area (Å²) in [6.45, 7) is 0. The van der Waals surface area contributed by atoms with E-state index in [1.54, 1.807) is 0 Å². The van der Waals surface area contributed by atoms with Crippen molar-refractivity contribution in [1.29, 1.82) is 0 Å². The number of aromatic nitrogens is 3. The molecule has 2 aromatic heterocycles. The first-order valence-corrected chi connectivity index (χ1v) is 23.7. The van der Waals surface area contributed by atoms with E-state index < -0.39 is 0 Å². The first kappa shape index (κ1) is 39.1. The molecule has 3 heterocycles. The van der Waals surface area contributed by atoms with Crippen molar-refractivity contribution in [2.45, 2.75) is 22.1 Å². The molecule has 11 aromatic rings. The molecule has 316 valence electrons. The number of allylic oxidation sites excluding steroid dienone is 4. The number of hydrogen-bond donors (Lipinski definition) is 0. The summed E-state index contributed by atoms with van der Waals surface area (Å²) in [6.07, 6.45) is 7.60. The van der Waals surface area contributed by atoms with E-state index in [0.29, 0.717) is 0 Å². The van der Waals surface area contributed by atoms with E-state index in [4.69, 9.17) is 9.97 Å². The lowest BCUT2D eigenvalue weighted by Gasteiger charge is -2.33. The second-order valence-electron chi connectivity index (χ2n) is 17.3. The van der Waals surface area contributed by atoms with Gasteiger partial charge in [-0.3, -0.25) is 0 Å². The highest BCUT2D eigenvalue weighted by atomic mass is 32.2. The van der Waals surface area contributed by atoms with Gasteiger partial charge in [0.05, 0.1) is 33.8 Å². The number of hydrogen-bond acceptors (Lipinski definition) is 4. The van der Waals surface area contributed by atoms with Crippen LogP contribution in [0.1, 0.15) is 18.0 Å². The Bertz CT molecular complexity index is 3740. The fraction of sp³-hybridized carbons (Fsp3) is 0.0323. The largest absolute Gasteiger partial charge is 0.313 e. The molecule has 13 rings (SSSR count).